The van der Waals surface area contributed by atoms with Crippen molar-refractivity contribution in [3.63, 3.8) is 0 Å². The van der Waals surface area contributed by atoms with Crippen molar-refractivity contribution in [1.82, 2.24) is 9.80 Å². The number of carbonyl (C=O) groups is 1. The van der Waals surface area contributed by atoms with Gasteiger partial charge >= 0.3 is 0 Å². The minimum Gasteiger partial charge on any atom is -0.342 e. The molecule has 1 fully saturated rings. The van der Waals surface area contributed by atoms with E-state index in [-0.39, 0.29) is 5.91 Å². The third-order valence-electron chi connectivity index (χ3n) is 2.41. The maximum atomic E-state index is 10.9. The summed E-state index contributed by atoms with van der Waals surface area (Å²) in [5.74, 6) is 0.172. The molecule has 1 heterocycles. The zero-order valence-corrected chi connectivity index (χ0v) is 7.50. The van der Waals surface area contributed by atoms with Crippen molar-refractivity contribution < 1.29 is 4.79 Å². The highest BCUT2D eigenvalue weighted by atomic mass is 16.2. The van der Waals surface area contributed by atoms with E-state index in [1.165, 1.54) is 0 Å². The molecule has 64 valence electrons. The molecular formula is C8H16N2O. The Labute approximate surface area is 68.0 Å². The number of amides is 1. The van der Waals surface area contributed by atoms with Crippen LogP contribution < -0.4 is 0 Å². The van der Waals surface area contributed by atoms with Crippen LogP contribution in [0.15, 0.2) is 0 Å². The van der Waals surface area contributed by atoms with Gasteiger partial charge in [0.2, 0.25) is 5.91 Å². The molecule has 1 aliphatic rings. The van der Waals surface area contributed by atoms with E-state index in [2.05, 4.69) is 11.9 Å². The molecule has 0 aromatic heterocycles. The first kappa shape index (κ1) is 8.53. The molecule has 0 bridgehead atoms. The van der Waals surface area contributed by atoms with Crippen molar-refractivity contribution in [1.29, 1.82) is 0 Å². The van der Waals surface area contributed by atoms with Gasteiger partial charge in [-0.2, -0.15) is 0 Å². The van der Waals surface area contributed by atoms with Crippen molar-refractivity contribution >= 4 is 5.91 Å². The number of rotatable bonds is 1. The van der Waals surface area contributed by atoms with Crippen molar-refractivity contribution in [3.8, 4) is 0 Å². The first-order valence-electron chi connectivity index (χ1n) is 4.03. The van der Waals surface area contributed by atoms with Crippen molar-refractivity contribution in [3.05, 3.63) is 0 Å². The molecule has 0 N–H and O–H groups in total. The summed E-state index contributed by atoms with van der Waals surface area (Å²) >= 11 is 0. The minimum atomic E-state index is 0.172. The van der Waals surface area contributed by atoms with Crippen molar-refractivity contribution in [2.75, 3.05) is 27.2 Å². The van der Waals surface area contributed by atoms with Crippen LogP contribution in [0.3, 0.4) is 0 Å². The lowest BCUT2D eigenvalue weighted by Gasteiger charge is -2.22. The fourth-order valence-electron chi connectivity index (χ4n) is 1.48. The zero-order chi connectivity index (χ0) is 8.43. The third-order valence-corrected chi connectivity index (χ3v) is 2.41. The molecule has 0 aromatic carbocycles. The molecule has 1 amide bonds. The lowest BCUT2D eigenvalue weighted by Crippen LogP contribution is -2.36. The van der Waals surface area contributed by atoms with Gasteiger partial charge in [0.05, 0.1) is 0 Å². The smallest absolute Gasteiger partial charge is 0.219 e. The summed E-state index contributed by atoms with van der Waals surface area (Å²) in [4.78, 5) is 15.0. The van der Waals surface area contributed by atoms with E-state index in [0.717, 1.165) is 19.5 Å². The lowest BCUT2D eigenvalue weighted by molar-refractivity contribution is -0.129. The number of hydrogen-bond acceptors (Lipinski definition) is 2. The van der Waals surface area contributed by atoms with Gasteiger partial charge in [0, 0.05) is 26.6 Å². The van der Waals surface area contributed by atoms with E-state index >= 15 is 0 Å². The van der Waals surface area contributed by atoms with Crippen LogP contribution in [0.25, 0.3) is 0 Å². The molecule has 1 atom stereocenters. The van der Waals surface area contributed by atoms with E-state index in [0.29, 0.717) is 6.04 Å². The number of likely N-dealkylation sites (tertiary alicyclic amines) is 1. The van der Waals surface area contributed by atoms with Gasteiger partial charge in [-0.15, -0.1) is 0 Å². The maximum absolute atomic E-state index is 10.9. The van der Waals surface area contributed by atoms with Gasteiger partial charge in [0.15, 0.2) is 0 Å². The minimum absolute atomic E-state index is 0.172. The van der Waals surface area contributed by atoms with E-state index in [1.54, 1.807) is 6.92 Å². The molecule has 11 heavy (non-hydrogen) atoms. The SMILES string of the molecule is CC(=O)N(C)C1CCN(C)C1. The van der Waals surface area contributed by atoms with Gasteiger partial charge in [-0.05, 0) is 20.0 Å². The number of hydrogen-bond donors (Lipinski definition) is 0. The van der Waals surface area contributed by atoms with Gasteiger partial charge in [0.25, 0.3) is 0 Å². The molecule has 0 aromatic rings. The Bertz CT molecular complexity index is 158. The fourth-order valence-corrected chi connectivity index (χ4v) is 1.48. The Morgan fingerprint density at radius 3 is 2.64 bits per heavy atom. The Morgan fingerprint density at radius 1 is 1.64 bits per heavy atom. The summed E-state index contributed by atoms with van der Waals surface area (Å²) in [5, 5.41) is 0. The molecule has 0 radical (unpaired) electrons. The number of likely N-dealkylation sites (N-methyl/N-ethyl adjacent to an activating group) is 2. The van der Waals surface area contributed by atoms with Gasteiger partial charge in [-0.1, -0.05) is 0 Å². The first-order chi connectivity index (χ1) is 5.11. The molecule has 1 saturated heterocycles. The highest BCUT2D eigenvalue weighted by Crippen LogP contribution is 2.11. The topological polar surface area (TPSA) is 23.6 Å². The van der Waals surface area contributed by atoms with Gasteiger partial charge in [-0.25, -0.2) is 0 Å². The second kappa shape index (κ2) is 3.22. The van der Waals surface area contributed by atoms with Gasteiger partial charge < -0.3 is 9.80 Å². The van der Waals surface area contributed by atoms with Crippen LogP contribution in [-0.2, 0) is 4.79 Å². The molecule has 0 aliphatic carbocycles. The quantitative estimate of drug-likeness (QED) is 0.540. The molecule has 0 spiro atoms. The Hall–Kier alpha value is -0.570. The van der Waals surface area contributed by atoms with Gasteiger partial charge in [0.1, 0.15) is 0 Å². The van der Waals surface area contributed by atoms with E-state index in [4.69, 9.17) is 0 Å². The molecule has 1 aliphatic heterocycles. The standard InChI is InChI=1S/C8H16N2O/c1-7(11)10(3)8-4-5-9(2)6-8/h8H,4-6H2,1-3H3. The van der Waals surface area contributed by atoms with E-state index < -0.39 is 0 Å². The number of carbonyl (C=O) groups excluding carboxylic acids is 1. The van der Waals surface area contributed by atoms with Crippen LogP contribution in [0.1, 0.15) is 13.3 Å². The zero-order valence-electron chi connectivity index (χ0n) is 7.50. The van der Waals surface area contributed by atoms with Gasteiger partial charge in [-0.3, -0.25) is 4.79 Å². The summed E-state index contributed by atoms with van der Waals surface area (Å²) in [7, 11) is 3.97. The molecule has 3 nitrogen and oxygen atoms in total. The molecule has 1 rings (SSSR count). The Kier molecular flexibility index (Phi) is 2.49. The molecule has 0 saturated carbocycles. The summed E-state index contributed by atoms with van der Waals surface area (Å²) < 4.78 is 0. The van der Waals surface area contributed by atoms with Crippen molar-refractivity contribution in [2.24, 2.45) is 0 Å². The van der Waals surface area contributed by atoms with E-state index in [9.17, 15) is 4.79 Å². The molecular weight excluding hydrogens is 140 g/mol. The van der Waals surface area contributed by atoms with Crippen LogP contribution in [-0.4, -0.2) is 48.9 Å². The molecule has 3 heteroatoms. The monoisotopic (exact) mass is 156 g/mol. The van der Waals surface area contributed by atoms with Crippen LogP contribution in [0, 0.1) is 0 Å². The first-order valence-corrected chi connectivity index (χ1v) is 4.03. The van der Waals surface area contributed by atoms with Crippen LogP contribution in [0.2, 0.25) is 0 Å². The molecule has 1 unspecified atom stereocenters. The lowest BCUT2D eigenvalue weighted by atomic mass is 10.2. The second-order valence-corrected chi connectivity index (χ2v) is 3.33. The summed E-state index contributed by atoms with van der Waals surface area (Å²) in [6.07, 6.45) is 1.12. The second-order valence-electron chi connectivity index (χ2n) is 3.33. The van der Waals surface area contributed by atoms with Crippen LogP contribution in [0.5, 0.6) is 0 Å². The largest absolute Gasteiger partial charge is 0.342 e. The Balaban J connectivity index is 2.43. The summed E-state index contributed by atoms with van der Waals surface area (Å²) in [6, 6.07) is 0.442. The van der Waals surface area contributed by atoms with Crippen molar-refractivity contribution in [2.45, 2.75) is 19.4 Å². The average molecular weight is 156 g/mol. The normalized spacial score (nSPS) is 25.5. The summed E-state index contributed by atoms with van der Waals surface area (Å²) in [6.45, 7) is 3.76. The maximum Gasteiger partial charge on any atom is 0.219 e. The Morgan fingerprint density at radius 2 is 2.27 bits per heavy atom. The predicted octanol–water partition coefficient (Wildman–Crippen LogP) is 0.169. The summed E-state index contributed by atoms with van der Waals surface area (Å²) in [5.41, 5.74) is 0. The highest BCUT2D eigenvalue weighted by Gasteiger charge is 2.24. The fraction of sp³-hybridized carbons (Fsp3) is 0.875. The third kappa shape index (κ3) is 1.93. The highest BCUT2D eigenvalue weighted by molar-refractivity contribution is 5.73. The van der Waals surface area contributed by atoms with E-state index in [1.807, 2.05) is 11.9 Å². The van der Waals surface area contributed by atoms with Crippen LogP contribution in [0.4, 0.5) is 0 Å². The average Bonchev–Trinajstić information content (AvgIpc) is 2.34. The van der Waals surface area contributed by atoms with Crippen LogP contribution >= 0.6 is 0 Å². The number of nitrogens with zero attached hydrogens (tertiary/aromatic N) is 2. The predicted molar refractivity (Wildman–Crippen MR) is 44.3 cm³/mol.